The molecule has 0 spiro atoms. The van der Waals surface area contributed by atoms with Crippen molar-refractivity contribution in [3.8, 4) is 0 Å². The van der Waals surface area contributed by atoms with Crippen LogP contribution >= 0.6 is 11.8 Å². The number of pyridine rings is 1. The lowest BCUT2D eigenvalue weighted by Gasteiger charge is -2.28. The van der Waals surface area contributed by atoms with E-state index in [0.717, 1.165) is 35.6 Å². The van der Waals surface area contributed by atoms with Crippen LogP contribution in [-0.2, 0) is 0 Å². The van der Waals surface area contributed by atoms with E-state index in [1.54, 1.807) is 0 Å². The zero-order chi connectivity index (χ0) is 11.7. The highest BCUT2D eigenvalue weighted by atomic mass is 32.2. The zero-order valence-electron chi connectivity index (χ0n) is 9.76. The fourth-order valence-electron chi connectivity index (χ4n) is 2.09. The first kappa shape index (κ1) is 10.8. The molecule has 1 aliphatic heterocycles. The zero-order valence-corrected chi connectivity index (χ0v) is 10.6. The van der Waals surface area contributed by atoms with Gasteiger partial charge in [-0.1, -0.05) is 0 Å². The number of anilines is 1. The molecule has 1 fully saturated rings. The summed E-state index contributed by atoms with van der Waals surface area (Å²) < 4.78 is 0. The molecule has 88 valence electrons. The molecule has 17 heavy (non-hydrogen) atoms. The Morgan fingerprint density at radius 3 is 2.88 bits per heavy atom. The Balaban J connectivity index is 2.13. The van der Waals surface area contributed by atoms with Gasteiger partial charge in [-0.05, 0) is 13.0 Å². The number of fused-ring (bicyclic) bond motifs is 1. The van der Waals surface area contributed by atoms with Gasteiger partial charge in [0.05, 0.1) is 11.7 Å². The summed E-state index contributed by atoms with van der Waals surface area (Å²) in [6.07, 6.45) is 3.62. The molecule has 4 nitrogen and oxygen atoms in total. The van der Waals surface area contributed by atoms with Gasteiger partial charge in [0.1, 0.15) is 11.6 Å². The summed E-state index contributed by atoms with van der Waals surface area (Å²) in [5.41, 5.74) is 0.938. The molecule has 2 aromatic heterocycles. The second-order valence-electron chi connectivity index (χ2n) is 4.09. The summed E-state index contributed by atoms with van der Waals surface area (Å²) in [6.45, 7) is 4.08. The van der Waals surface area contributed by atoms with E-state index in [1.165, 1.54) is 11.5 Å². The van der Waals surface area contributed by atoms with E-state index >= 15 is 0 Å². The fraction of sp³-hybridized carbons (Fsp3) is 0.417. The summed E-state index contributed by atoms with van der Waals surface area (Å²) in [4.78, 5) is 15.5. The largest absolute Gasteiger partial charge is 0.354 e. The van der Waals surface area contributed by atoms with Gasteiger partial charge >= 0.3 is 0 Å². The monoisotopic (exact) mass is 246 g/mol. The third-order valence-electron chi connectivity index (χ3n) is 2.90. The van der Waals surface area contributed by atoms with E-state index in [-0.39, 0.29) is 0 Å². The van der Waals surface area contributed by atoms with Crippen LogP contribution in [0.5, 0.6) is 0 Å². The highest BCUT2D eigenvalue weighted by molar-refractivity contribution is 7.99. The number of rotatable bonds is 1. The molecule has 0 unspecified atom stereocenters. The lowest BCUT2D eigenvalue weighted by molar-refractivity contribution is 0.836. The number of aromatic nitrogens is 3. The molecule has 0 N–H and O–H groups in total. The first-order valence-corrected chi connectivity index (χ1v) is 6.91. The SMILES string of the molecule is Cc1nc(N2CCSCC2)c2ccncc2n1. The summed E-state index contributed by atoms with van der Waals surface area (Å²) in [7, 11) is 0. The minimum absolute atomic E-state index is 0.818. The first-order valence-electron chi connectivity index (χ1n) is 5.75. The molecule has 2 aromatic rings. The van der Waals surface area contributed by atoms with Crippen LogP contribution in [0.3, 0.4) is 0 Å². The van der Waals surface area contributed by atoms with E-state index in [9.17, 15) is 0 Å². The van der Waals surface area contributed by atoms with Gasteiger partial charge < -0.3 is 4.90 Å². The standard InChI is InChI=1S/C12H14N4S/c1-9-14-11-8-13-3-2-10(11)12(15-9)16-4-6-17-7-5-16/h2-3,8H,4-7H2,1H3. The maximum absolute atomic E-state index is 4.60. The Morgan fingerprint density at radius 1 is 1.24 bits per heavy atom. The van der Waals surface area contributed by atoms with Crippen molar-refractivity contribution in [2.45, 2.75) is 6.92 Å². The molecular weight excluding hydrogens is 232 g/mol. The third kappa shape index (κ3) is 2.07. The van der Waals surface area contributed by atoms with E-state index < -0.39 is 0 Å². The lowest BCUT2D eigenvalue weighted by Crippen LogP contribution is -2.33. The van der Waals surface area contributed by atoms with Crippen molar-refractivity contribution >= 4 is 28.5 Å². The van der Waals surface area contributed by atoms with E-state index in [0.29, 0.717) is 0 Å². The Bertz CT molecular complexity index is 537. The molecule has 1 aliphatic rings. The second kappa shape index (κ2) is 4.49. The number of aryl methyl sites for hydroxylation is 1. The molecule has 0 bridgehead atoms. The first-order chi connectivity index (χ1) is 8.34. The molecule has 0 atom stereocenters. The van der Waals surface area contributed by atoms with Crippen molar-refractivity contribution in [1.29, 1.82) is 0 Å². The number of nitrogens with zero attached hydrogens (tertiary/aromatic N) is 4. The van der Waals surface area contributed by atoms with Crippen molar-refractivity contribution in [2.75, 3.05) is 29.5 Å². The predicted octanol–water partition coefficient (Wildman–Crippen LogP) is 1.89. The molecular formula is C12H14N4S. The predicted molar refractivity (Wildman–Crippen MR) is 71.6 cm³/mol. The lowest BCUT2D eigenvalue weighted by atomic mass is 10.2. The van der Waals surface area contributed by atoms with Crippen LogP contribution in [0.1, 0.15) is 5.82 Å². The average molecular weight is 246 g/mol. The minimum Gasteiger partial charge on any atom is -0.354 e. The molecule has 0 aromatic carbocycles. The summed E-state index contributed by atoms with van der Waals surface area (Å²) >= 11 is 2.01. The van der Waals surface area contributed by atoms with Gasteiger partial charge in [-0.2, -0.15) is 11.8 Å². The molecule has 3 heterocycles. The molecule has 0 radical (unpaired) electrons. The quantitative estimate of drug-likeness (QED) is 0.768. The van der Waals surface area contributed by atoms with Gasteiger partial charge in [-0.25, -0.2) is 9.97 Å². The maximum atomic E-state index is 4.60. The highest BCUT2D eigenvalue weighted by Crippen LogP contribution is 2.25. The van der Waals surface area contributed by atoms with E-state index in [2.05, 4.69) is 19.9 Å². The third-order valence-corrected chi connectivity index (χ3v) is 3.84. The summed E-state index contributed by atoms with van der Waals surface area (Å²) in [5, 5.41) is 1.11. The minimum atomic E-state index is 0.818. The molecule has 5 heteroatoms. The van der Waals surface area contributed by atoms with Crippen molar-refractivity contribution in [2.24, 2.45) is 0 Å². The van der Waals surface area contributed by atoms with Crippen LogP contribution in [0.15, 0.2) is 18.5 Å². The summed E-state index contributed by atoms with van der Waals surface area (Å²) in [5.74, 6) is 4.24. The molecule has 3 rings (SSSR count). The fourth-order valence-corrected chi connectivity index (χ4v) is 3.00. The van der Waals surface area contributed by atoms with Crippen LogP contribution in [0.2, 0.25) is 0 Å². The average Bonchev–Trinajstić information content (AvgIpc) is 2.39. The number of thioether (sulfide) groups is 1. The molecule has 0 saturated carbocycles. The van der Waals surface area contributed by atoms with E-state index in [1.807, 2.05) is 37.1 Å². The van der Waals surface area contributed by atoms with Crippen LogP contribution in [-0.4, -0.2) is 39.5 Å². The Morgan fingerprint density at radius 2 is 2.06 bits per heavy atom. The highest BCUT2D eigenvalue weighted by Gasteiger charge is 2.16. The Hall–Kier alpha value is -1.36. The van der Waals surface area contributed by atoms with Gasteiger partial charge in [0, 0.05) is 36.2 Å². The summed E-state index contributed by atoms with van der Waals surface area (Å²) in [6, 6.07) is 2.01. The van der Waals surface area contributed by atoms with Crippen LogP contribution in [0, 0.1) is 6.92 Å². The van der Waals surface area contributed by atoms with E-state index in [4.69, 9.17) is 0 Å². The van der Waals surface area contributed by atoms with Crippen molar-refractivity contribution in [1.82, 2.24) is 15.0 Å². The van der Waals surface area contributed by atoms with Crippen molar-refractivity contribution in [3.63, 3.8) is 0 Å². The van der Waals surface area contributed by atoms with Crippen LogP contribution in [0.25, 0.3) is 10.9 Å². The normalized spacial score (nSPS) is 16.4. The number of hydrogen-bond acceptors (Lipinski definition) is 5. The molecule has 0 amide bonds. The topological polar surface area (TPSA) is 41.9 Å². The second-order valence-corrected chi connectivity index (χ2v) is 5.31. The molecule has 0 aliphatic carbocycles. The maximum Gasteiger partial charge on any atom is 0.140 e. The van der Waals surface area contributed by atoms with Gasteiger partial charge in [-0.3, -0.25) is 4.98 Å². The van der Waals surface area contributed by atoms with Gasteiger partial charge in [0.25, 0.3) is 0 Å². The smallest absolute Gasteiger partial charge is 0.140 e. The van der Waals surface area contributed by atoms with Crippen LogP contribution in [0.4, 0.5) is 5.82 Å². The Labute approximate surface area is 104 Å². The van der Waals surface area contributed by atoms with Crippen molar-refractivity contribution in [3.05, 3.63) is 24.3 Å². The Kier molecular flexibility index (Phi) is 2.84. The van der Waals surface area contributed by atoms with Gasteiger partial charge in [0.15, 0.2) is 0 Å². The molecule has 1 saturated heterocycles. The van der Waals surface area contributed by atoms with Crippen molar-refractivity contribution < 1.29 is 0 Å². The number of hydrogen-bond donors (Lipinski definition) is 0. The van der Waals surface area contributed by atoms with Gasteiger partial charge in [0.2, 0.25) is 0 Å². The van der Waals surface area contributed by atoms with Gasteiger partial charge in [-0.15, -0.1) is 0 Å². The van der Waals surface area contributed by atoms with Crippen LogP contribution < -0.4 is 4.90 Å².